The minimum absolute atomic E-state index is 0.0103. The maximum Gasteiger partial charge on any atom is 0.297 e. The maximum atomic E-state index is 12.9. The van der Waals surface area contributed by atoms with Crippen molar-refractivity contribution in [3.05, 3.63) is 71.3 Å². The molecule has 0 aliphatic carbocycles. The van der Waals surface area contributed by atoms with Crippen molar-refractivity contribution in [1.29, 1.82) is 0 Å². The van der Waals surface area contributed by atoms with Crippen LogP contribution >= 0.6 is 0 Å². The number of carbonyl (C=O) groups is 2. The Bertz CT molecular complexity index is 1260. The summed E-state index contributed by atoms with van der Waals surface area (Å²) in [7, 11) is 0. The number of primary amides is 1. The second-order valence-electron chi connectivity index (χ2n) is 6.55. The molecular weight excluding hydrogens is 372 g/mol. The summed E-state index contributed by atoms with van der Waals surface area (Å²) in [6.07, 6.45) is 1.35. The molecule has 2 heterocycles. The molecule has 0 fully saturated rings. The minimum atomic E-state index is -0.513. The van der Waals surface area contributed by atoms with Crippen molar-refractivity contribution < 1.29 is 14.0 Å². The van der Waals surface area contributed by atoms with E-state index in [1.165, 1.54) is 15.8 Å². The Labute approximate surface area is 165 Å². The summed E-state index contributed by atoms with van der Waals surface area (Å²) in [6.45, 7) is -0.125. The first kappa shape index (κ1) is 18.4. The molecule has 0 aliphatic rings. The van der Waals surface area contributed by atoms with Gasteiger partial charge in [-0.1, -0.05) is 30.3 Å². The van der Waals surface area contributed by atoms with Crippen LogP contribution in [0.5, 0.6) is 0 Å². The molecule has 29 heavy (non-hydrogen) atoms. The van der Waals surface area contributed by atoms with Crippen LogP contribution in [0.2, 0.25) is 0 Å². The van der Waals surface area contributed by atoms with Crippen molar-refractivity contribution in [3.63, 3.8) is 0 Å². The third kappa shape index (κ3) is 3.60. The highest BCUT2D eigenvalue weighted by Crippen LogP contribution is 2.24. The number of benzene rings is 2. The normalized spacial score (nSPS) is 11.0. The molecule has 146 valence electrons. The third-order valence-corrected chi connectivity index (χ3v) is 4.61. The van der Waals surface area contributed by atoms with Gasteiger partial charge in [-0.25, -0.2) is 4.98 Å². The largest absolute Gasteiger partial charge is 0.448 e. The Morgan fingerprint density at radius 1 is 1.07 bits per heavy atom. The summed E-state index contributed by atoms with van der Waals surface area (Å²) in [4.78, 5) is 42.7. The zero-order valence-electron chi connectivity index (χ0n) is 15.4. The van der Waals surface area contributed by atoms with E-state index in [0.717, 1.165) is 5.39 Å². The highest BCUT2D eigenvalue weighted by Gasteiger charge is 2.19. The van der Waals surface area contributed by atoms with Crippen LogP contribution in [0.15, 0.2) is 70.1 Å². The van der Waals surface area contributed by atoms with Gasteiger partial charge in [0.05, 0.1) is 6.33 Å². The van der Waals surface area contributed by atoms with Crippen molar-refractivity contribution >= 4 is 39.6 Å². The lowest BCUT2D eigenvalue weighted by molar-refractivity contribution is -0.119. The van der Waals surface area contributed by atoms with Crippen LogP contribution in [0, 0.1) is 0 Å². The zero-order valence-corrected chi connectivity index (χ0v) is 15.4. The molecule has 2 N–H and O–H groups in total. The van der Waals surface area contributed by atoms with Crippen LogP contribution in [-0.4, -0.2) is 27.9 Å². The molecule has 2 aromatic carbocycles. The predicted molar refractivity (Wildman–Crippen MR) is 108 cm³/mol. The lowest BCUT2D eigenvalue weighted by atomic mass is 10.2. The van der Waals surface area contributed by atoms with Gasteiger partial charge in [0, 0.05) is 24.0 Å². The summed E-state index contributed by atoms with van der Waals surface area (Å²) in [5, 5.41) is 0.741. The summed E-state index contributed by atoms with van der Waals surface area (Å²) in [5.41, 5.74) is 6.54. The lowest BCUT2D eigenvalue weighted by Crippen LogP contribution is -2.38. The topological polar surface area (TPSA) is 111 Å². The van der Waals surface area contributed by atoms with E-state index < -0.39 is 11.5 Å². The van der Waals surface area contributed by atoms with E-state index in [4.69, 9.17) is 10.2 Å². The zero-order chi connectivity index (χ0) is 20.4. The van der Waals surface area contributed by atoms with E-state index in [1.807, 2.05) is 24.3 Å². The number of fused-ring (bicyclic) bond motifs is 3. The number of carbonyl (C=O) groups excluding carboxylic acids is 2. The van der Waals surface area contributed by atoms with Gasteiger partial charge in [0.15, 0.2) is 0 Å². The van der Waals surface area contributed by atoms with E-state index in [0.29, 0.717) is 16.8 Å². The van der Waals surface area contributed by atoms with Crippen LogP contribution < -0.4 is 16.2 Å². The first-order chi connectivity index (χ1) is 14.0. The monoisotopic (exact) mass is 390 g/mol. The average molecular weight is 390 g/mol. The number of nitrogens with zero attached hydrogens (tertiary/aromatic N) is 3. The standard InChI is InChI=1S/C21H18N4O4/c22-17(26)10-11-25(14-6-2-1-3-7-14)18(27)12-24-13-23-19-15-8-4-5-9-16(15)29-20(19)21(24)28/h1-9,13H,10-12H2,(H2,22,26). The molecule has 0 spiro atoms. The van der Waals surface area contributed by atoms with Crippen molar-refractivity contribution in [2.45, 2.75) is 13.0 Å². The molecule has 8 heteroatoms. The van der Waals surface area contributed by atoms with Gasteiger partial charge < -0.3 is 15.1 Å². The molecule has 0 unspecified atom stereocenters. The lowest BCUT2D eigenvalue weighted by Gasteiger charge is -2.22. The molecule has 0 bridgehead atoms. The van der Waals surface area contributed by atoms with E-state index in [9.17, 15) is 14.4 Å². The SMILES string of the molecule is NC(=O)CCN(C(=O)Cn1cnc2c(oc3ccccc32)c1=O)c1ccccc1. The van der Waals surface area contributed by atoms with Crippen LogP contribution in [0.1, 0.15) is 6.42 Å². The van der Waals surface area contributed by atoms with E-state index >= 15 is 0 Å². The molecular formula is C21H18N4O4. The average Bonchev–Trinajstić information content (AvgIpc) is 3.10. The molecule has 2 amide bonds. The van der Waals surface area contributed by atoms with Crippen LogP contribution in [0.4, 0.5) is 5.69 Å². The minimum Gasteiger partial charge on any atom is -0.448 e. The summed E-state index contributed by atoms with van der Waals surface area (Å²) < 4.78 is 6.85. The van der Waals surface area contributed by atoms with Gasteiger partial charge in [-0.3, -0.25) is 19.0 Å². The molecule has 0 aliphatic heterocycles. The molecule has 0 saturated carbocycles. The van der Waals surface area contributed by atoms with Gasteiger partial charge in [0.25, 0.3) is 5.56 Å². The summed E-state index contributed by atoms with van der Waals surface area (Å²) >= 11 is 0. The number of hydrogen-bond acceptors (Lipinski definition) is 5. The van der Waals surface area contributed by atoms with Gasteiger partial charge in [0.1, 0.15) is 17.6 Å². The van der Waals surface area contributed by atoms with E-state index in [1.54, 1.807) is 30.3 Å². The second-order valence-corrected chi connectivity index (χ2v) is 6.55. The number of nitrogens with two attached hydrogens (primary N) is 1. The fourth-order valence-electron chi connectivity index (χ4n) is 3.19. The molecule has 0 saturated heterocycles. The van der Waals surface area contributed by atoms with Gasteiger partial charge in [0.2, 0.25) is 17.4 Å². The first-order valence-electron chi connectivity index (χ1n) is 9.05. The van der Waals surface area contributed by atoms with Gasteiger partial charge in [-0.05, 0) is 24.3 Å². The fourth-order valence-corrected chi connectivity index (χ4v) is 3.19. The quantitative estimate of drug-likeness (QED) is 0.542. The van der Waals surface area contributed by atoms with Crippen molar-refractivity contribution in [3.8, 4) is 0 Å². The Kier molecular flexibility index (Phi) is 4.82. The van der Waals surface area contributed by atoms with Crippen molar-refractivity contribution in [2.75, 3.05) is 11.4 Å². The van der Waals surface area contributed by atoms with E-state index in [-0.39, 0.29) is 31.0 Å². The van der Waals surface area contributed by atoms with Crippen molar-refractivity contribution in [1.82, 2.24) is 9.55 Å². The fraction of sp³-hybridized carbons (Fsp3) is 0.143. The molecule has 2 aromatic heterocycles. The highest BCUT2D eigenvalue weighted by atomic mass is 16.3. The molecule has 8 nitrogen and oxygen atoms in total. The predicted octanol–water partition coefficient (Wildman–Crippen LogP) is 2.05. The van der Waals surface area contributed by atoms with Crippen LogP contribution in [0.25, 0.3) is 22.1 Å². The Morgan fingerprint density at radius 3 is 2.55 bits per heavy atom. The smallest absolute Gasteiger partial charge is 0.297 e. The summed E-state index contributed by atoms with van der Waals surface area (Å²) in [6, 6.07) is 16.1. The van der Waals surface area contributed by atoms with Gasteiger partial charge >= 0.3 is 0 Å². The Hall–Kier alpha value is -3.94. The molecule has 4 rings (SSSR count). The van der Waals surface area contributed by atoms with Gasteiger partial charge in [-0.15, -0.1) is 0 Å². The van der Waals surface area contributed by atoms with Crippen LogP contribution in [-0.2, 0) is 16.1 Å². The van der Waals surface area contributed by atoms with Crippen LogP contribution in [0.3, 0.4) is 0 Å². The molecule has 4 aromatic rings. The highest BCUT2D eigenvalue weighted by molar-refractivity contribution is 6.02. The molecule has 0 radical (unpaired) electrons. The number of aromatic nitrogens is 2. The molecule has 0 atom stereocenters. The summed E-state index contributed by atoms with van der Waals surface area (Å²) in [5.74, 6) is -0.877. The second kappa shape index (κ2) is 7.59. The Morgan fingerprint density at radius 2 is 1.79 bits per heavy atom. The number of hydrogen-bond donors (Lipinski definition) is 1. The van der Waals surface area contributed by atoms with Crippen molar-refractivity contribution in [2.24, 2.45) is 5.73 Å². The Balaban J connectivity index is 1.67. The number of anilines is 1. The number of rotatable bonds is 6. The van der Waals surface area contributed by atoms with Gasteiger partial charge in [-0.2, -0.15) is 0 Å². The van der Waals surface area contributed by atoms with E-state index in [2.05, 4.69) is 4.98 Å². The first-order valence-corrected chi connectivity index (χ1v) is 9.05. The maximum absolute atomic E-state index is 12.9. The number of furan rings is 1. The third-order valence-electron chi connectivity index (χ3n) is 4.61. The number of amides is 2. The number of para-hydroxylation sites is 2.